The van der Waals surface area contributed by atoms with E-state index in [-0.39, 0.29) is 6.61 Å². The first-order valence-electron chi connectivity index (χ1n) is 5.80. The maximum absolute atomic E-state index is 8.90. The molecule has 1 aromatic rings. The molecule has 1 aliphatic heterocycles. The Hall–Kier alpha value is -0.450. The lowest BCUT2D eigenvalue weighted by Gasteiger charge is -2.33. The zero-order valence-electron chi connectivity index (χ0n) is 9.69. The second-order valence-electron chi connectivity index (χ2n) is 4.15. The summed E-state index contributed by atoms with van der Waals surface area (Å²) < 4.78 is 5.72. The van der Waals surface area contributed by atoms with Crippen LogP contribution < -0.4 is 0 Å². The van der Waals surface area contributed by atoms with E-state index in [0.29, 0.717) is 6.04 Å². The van der Waals surface area contributed by atoms with Gasteiger partial charge in [0.1, 0.15) is 11.5 Å². The molecule has 2 heterocycles. The molecule has 0 aliphatic carbocycles. The summed E-state index contributed by atoms with van der Waals surface area (Å²) in [6.45, 7) is 4.31. The van der Waals surface area contributed by atoms with Gasteiger partial charge < -0.3 is 9.52 Å². The molecule has 1 fully saturated rings. The van der Waals surface area contributed by atoms with Crippen molar-refractivity contribution in [2.75, 3.05) is 31.2 Å². The molecular weight excluding hydrogens is 222 g/mol. The summed E-state index contributed by atoms with van der Waals surface area (Å²) in [5, 5.41) is 8.90. The first-order chi connectivity index (χ1) is 7.81. The molecule has 1 aliphatic rings. The average molecular weight is 241 g/mol. The van der Waals surface area contributed by atoms with Crippen molar-refractivity contribution in [3.05, 3.63) is 23.7 Å². The van der Waals surface area contributed by atoms with E-state index in [1.807, 2.05) is 24.8 Å². The third-order valence-electron chi connectivity index (χ3n) is 2.93. The Balaban J connectivity index is 2.04. The van der Waals surface area contributed by atoms with Crippen LogP contribution in [-0.2, 0) is 0 Å². The number of aliphatic hydroxyl groups excluding tert-OH is 1. The van der Waals surface area contributed by atoms with E-state index in [9.17, 15) is 0 Å². The Kier molecular flexibility index (Phi) is 4.32. The van der Waals surface area contributed by atoms with Gasteiger partial charge in [0.15, 0.2) is 0 Å². The zero-order valence-corrected chi connectivity index (χ0v) is 10.5. The molecule has 90 valence electrons. The third kappa shape index (κ3) is 2.81. The minimum absolute atomic E-state index is 0.271. The summed E-state index contributed by atoms with van der Waals surface area (Å²) in [4.78, 5) is 2.42. The first-order valence-corrected chi connectivity index (χ1v) is 6.95. The Morgan fingerprint density at radius 3 is 3.12 bits per heavy atom. The summed E-state index contributed by atoms with van der Waals surface area (Å²) in [6, 6.07) is 4.50. The van der Waals surface area contributed by atoms with Crippen LogP contribution in [0.2, 0.25) is 0 Å². The van der Waals surface area contributed by atoms with Crippen LogP contribution in [0.15, 0.2) is 16.5 Å². The lowest BCUT2D eigenvalue weighted by Crippen LogP contribution is -2.36. The van der Waals surface area contributed by atoms with E-state index in [1.165, 1.54) is 5.75 Å². The lowest BCUT2D eigenvalue weighted by molar-refractivity contribution is 0.173. The summed E-state index contributed by atoms with van der Waals surface area (Å²) >= 11 is 1.98. The fourth-order valence-corrected chi connectivity index (χ4v) is 3.20. The van der Waals surface area contributed by atoms with Gasteiger partial charge in [-0.2, -0.15) is 11.8 Å². The quantitative estimate of drug-likeness (QED) is 0.875. The highest BCUT2D eigenvalue weighted by atomic mass is 32.2. The Bertz CT molecular complexity index is 327. The van der Waals surface area contributed by atoms with Crippen molar-refractivity contribution in [1.29, 1.82) is 0 Å². The molecule has 1 unspecified atom stereocenters. The maximum Gasteiger partial charge on any atom is 0.122 e. The van der Waals surface area contributed by atoms with E-state index in [1.54, 1.807) is 0 Å². The van der Waals surface area contributed by atoms with Gasteiger partial charge in [0.25, 0.3) is 0 Å². The molecule has 1 atom stereocenters. The van der Waals surface area contributed by atoms with Crippen molar-refractivity contribution >= 4 is 11.8 Å². The number of hydrogen-bond donors (Lipinski definition) is 1. The lowest BCUT2D eigenvalue weighted by atomic mass is 10.2. The van der Waals surface area contributed by atoms with Crippen molar-refractivity contribution in [3.63, 3.8) is 0 Å². The van der Waals surface area contributed by atoms with Gasteiger partial charge in [-0.05, 0) is 25.5 Å². The number of furan rings is 1. The molecule has 0 saturated carbocycles. The van der Waals surface area contributed by atoms with Gasteiger partial charge in [-0.25, -0.2) is 0 Å². The summed E-state index contributed by atoms with van der Waals surface area (Å²) in [7, 11) is 0. The SMILES string of the molecule is Cc1ccc(C2CSCCN2CCCO)o1. The molecule has 1 aromatic heterocycles. The van der Waals surface area contributed by atoms with Crippen molar-refractivity contribution in [2.24, 2.45) is 0 Å². The largest absolute Gasteiger partial charge is 0.465 e. The van der Waals surface area contributed by atoms with Gasteiger partial charge in [-0.1, -0.05) is 0 Å². The predicted molar refractivity (Wildman–Crippen MR) is 66.8 cm³/mol. The standard InChI is InChI=1S/C12H19NO2S/c1-10-3-4-12(15-10)11-9-16-8-6-13(11)5-2-7-14/h3-4,11,14H,2,5-9H2,1H3. The number of hydrogen-bond acceptors (Lipinski definition) is 4. The van der Waals surface area contributed by atoms with Gasteiger partial charge in [0.2, 0.25) is 0 Å². The molecule has 0 aromatic carbocycles. The number of aryl methyl sites for hydroxylation is 1. The van der Waals surface area contributed by atoms with Crippen LogP contribution in [0.4, 0.5) is 0 Å². The first kappa shape index (κ1) is 12.0. The Morgan fingerprint density at radius 1 is 1.56 bits per heavy atom. The zero-order chi connectivity index (χ0) is 11.4. The number of rotatable bonds is 4. The van der Waals surface area contributed by atoms with Crippen molar-refractivity contribution in [1.82, 2.24) is 4.90 Å². The number of thioether (sulfide) groups is 1. The van der Waals surface area contributed by atoms with Crippen molar-refractivity contribution in [3.8, 4) is 0 Å². The van der Waals surface area contributed by atoms with Gasteiger partial charge >= 0.3 is 0 Å². The van der Waals surface area contributed by atoms with Crippen LogP contribution in [0.5, 0.6) is 0 Å². The predicted octanol–water partition coefficient (Wildman–Crippen LogP) is 2.06. The minimum atomic E-state index is 0.271. The second kappa shape index (κ2) is 5.75. The van der Waals surface area contributed by atoms with Crippen LogP contribution >= 0.6 is 11.8 Å². The highest BCUT2D eigenvalue weighted by molar-refractivity contribution is 7.99. The molecule has 16 heavy (non-hydrogen) atoms. The Labute approximate surface area is 101 Å². The molecule has 2 rings (SSSR count). The third-order valence-corrected chi connectivity index (χ3v) is 3.96. The minimum Gasteiger partial charge on any atom is -0.465 e. The smallest absolute Gasteiger partial charge is 0.122 e. The van der Waals surface area contributed by atoms with Gasteiger partial charge in [-0.3, -0.25) is 4.90 Å². The van der Waals surface area contributed by atoms with E-state index in [2.05, 4.69) is 11.0 Å². The summed E-state index contributed by atoms with van der Waals surface area (Å²) in [5.41, 5.74) is 0. The highest BCUT2D eigenvalue weighted by Crippen LogP contribution is 2.30. The van der Waals surface area contributed by atoms with Gasteiger partial charge in [0.05, 0.1) is 6.04 Å². The summed E-state index contributed by atoms with van der Waals surface area (Å²) in [5.74, 6) is 4.33. The van der Waals surface area contributed by atoms with Crippen LogP contribution in [0.25, 0.3) is 0 Å². The summed E-state index contributed by atoms with van der Waals surface area (Å²) in [6.07, 6.45) is 0.848. The molecule has 0 amide bonds. The normalized spacial score (nSPS) is 22.5. The van der Waals surface area contributed by atoms with Gasteiger partial charge in [0, 0.05) is 31.2 Å². The molecular formula is C12H19NO2S. The Morgan fingerprint density at radius 2 is 2.44 bits per heavy atom. The van der Waals surface area contributed by atoms with Crippen LogP contribution in [0.1, 0.15) is 24.0 Å². The van der Waals surface area contributed by atoms with Crippen LogP contribution in [0.3, 0.4) is 0 Å². The molecule has 3 nitrogen and oxygen atoms in total. The van der Waals surface area contributed by atoms with E-state index < -0.39 is 0 Å². The maximum atomic E-state index is 8.90. The average Bonchev–Trinajstić information content (AvgIpc) is 2.73. The fourth-order valence-electron chi connectivity index (χ4n) is 2.07. The monoisotopic (exact) mass is 241 g/mol. The van der Waals surface area contributed by atoms with Gasteiger partial charge in [-0.15, -0.1) is 0 Å². The van der Waals surface area contributed by atoms with Crippen LogP contribution in [0, 0.1) is 6.92 Å². The number of nitrogens with zero attached hydrogens (tertiary/aromatic N) is 1. The van der Waals surface area contributed by atoms with E-state index >= 15 is 0 Å². The molecule has 0 radical (unpaired) electrons. The van der Waals surface area contributed by atoms with Crippen molar-refractivity contribution in [2.45, 2.75) is 19.4 Å². The second-order valence-corrected chi connectivity index (χ2v) is 5.30. The number of aliphatic hydroxyl groups is 1. The highest BCUT2D eigenvalue weighted by Gasteiger charge is 2.26. The molecule has 4 heteroatoms. The van der Waals surface area contributed by atoms with E-state index in [4.69, 9.17) is 9.52 Å². The molecule has 1 N–H and O–H groups in total. The molecule has 1 saturated heterocycles. The topological polar surface area (TPSA) is 36.6 Å². The molecule has 0 spiro atoms. The van der Waals surface area contributed by atoms with Crippen molar-refractivity contribution < 1.29 is 9.52 Å². The van der Waals surface area contributed by atoms with Crippen LogP contribution in [-0.4, -0.2) is 41.2 Å². The van der Waals surface area contributed by atoms with E-state index in [0.717, 1.165) is 36.8 Å². The molecule has 0 bridgehead atoms. The fraction of sp³-hybridized carbons (Fsp3) is 0.667.